The lowest BCUT2D eigenvalue weighted by Crippen LogP contribution is -2.63. The van der Waals surface area contributed by atoms with Gasteiger partial charge in [-0.05, 0) is 20.1 Å². The molecule has 1 unspecified atom stereocenters. The maximum absolute atomic E-state index is 11.1. The first kappa shape index (κ1) is 9.86. The van der Waals surface area contributed by atoms with Gasteiger partial charge in [-0.3, -0.25) is 4.79 Å². The number of nitrogens with two attached hydrogens (primary N) is 1. The lowest BCUT2D eigenvalue weighted by Gasteiger charge is -2.40. The van der Waals surface area contributed by atoms with E-state index in [-0.39, 0.29) is 16.7 Å². The van der Waals surface area contributed by atoms with Crippen LogP contribution < -0.4 is 5.73 Å². The first-order chi connectivity index (χ1) is 5.46. The molecule has 1 amide bonds. The van der Waals surface area contributed by atoms with Crippen molar-refractivity contribution in [2.75, 3.05) is 19.3 Å². The van der Waals surface area contributed by atoms with Crippen LogP contribution in [0.25, 0.3) is 0 Å². The van der Waals surface area contributed by atoms with Gasteiger partial charge in [0.25, 0.3) is 0 Å². The Morgan fingerprint density at radius 2 is 2.33 bits per heavy atom. The average molecular weight is 188 g/mol. The van der Waals surface area contributed by atoms with E-state index in [9.17, 15) is 4.79 Å². The average Bonchev–Trinajstić information content (AvgIpc) is 2.03. The lowest BCUT2D eigenvalue weighted by molar-refractivity contribution is -0.142. The Kier molecular flexibility index (Phi) is 2.68. The second-order valence-electron chi connectivity index (χ2n) is 3.79. The number of thioether (sulfide) groups is 1. The van der Waals surface area contributed by atoms with Crippen molar-refractivity contribution in [2.45, 2.75) is 24.6 Å². The number of hydrogen-bond acceptors (Lipinski definition) is 3. The highest BCUT2D eigenvalue weighted by Crippen LogP contribution is 2.24. The Morgan fingerprint density at radius 3 is 2.67 bits per heavy atom. The van der Waals surface area contributed by atoms with Crippen molar-refractivity contribution in [1.82, 2.24) is 4.90 Å². The summed E-state index contributed by atoms with van der Waals surface area (Å²) in [7, 11) is 0. The van der Waals surface area contributed by atoms with E-state index in [1.165, 1.54) is 0 Å². The zero-order valence-electron chi connectivity index (χ0n) is 7.83. The number of β-lactam (4-membered cyclic amide) rings is 1. The van der Waals surface area contributed by atoms with Crippen LogP contribution >= 0.6 is 11.8 Å². The van der Waals surface area contributed by atoms with Gasteiger partial charge in [0.1, 0.15) is 6.04 Å². The molecule has 0 aromatic heterocycles. The van der Waals surface area contributed by atoms with Crippen LogP contribution in [-0.2, 0) is 4.79 Å². The topological polar surface area (TPSA) is 46.3 Å². The SMILES string of the molecule is CSC(C)(C)CN1CC(N)C1=O. The molecule has 1 heterocycles. The maximum atomic E-state index is 11.1. The Balaban J connectivity index is 2.39. The fourth-order valence-corrected chi connectivity index (χ4v) is 1.48. The monoisotopic (exact) mass is 188 g/mol. The fourth-order valence-electron chi connectivity index (χ4n) is 1.19. The zero-order chi connectivity index (χ0) is 9.35. The normalized spacial score (nSPS) is 24.2. The molecule has 0 saturated carbocycles. The minimum atomic E-state index is -0.234. The minimum Gasteiger partial charge on any atom is -0.338 e. The molecule has 70 valence electrons. The van der Waals surface area contributed by atoms with Gasteiger partial charge in [-0.25, -0.2) is 0 Å². The number of likely N-dealkylation sites (tertiary alicyclic amines) is 1. The Bertz CT molecular complexity index is 193. The summed E-state index contributed by atoms with van der Waals surface area (Å²) in [6, 6.07) is -0.234. The van der Waals surface area contributed by atoms with E-state index < -0.39 is 0 Å². The summed E-state index contributed by atoms with van der Waals surface area (Å²) < 4.78 is 0.149. The van der Waals surface area contributed by atoms with Gasteiger partial charge in [-0.15, -0.1) is 0 Å². The van der Waals surface area contributed by atoms with Crippen molar-refractivity contribution in [3.05, 3.63) is 0 Å². The van der Waals surface area contributed by atoms with Crippen LogP contribution in [0.15, 0.2) is 0 Å². The molecule has 0 spiro atoms. The molecular weight excluding hydrogens is 172 g/mol. The second-order valence-corrected chi connectivity index (χ2v) is 5.30. The van der Waals surface area contributed by atoms with E-state index >= 15 is 0 Å². The molecule has 1 atom stereocenters. The van der Waals surface area contributed by atoms with E-state index in [0.29, 0.717) is 0 Å². The number of carbonyl (C=O) groups excluding carboxylic acids is 1. The van der Waals surface area contributed by atoms with Gasteiger partial charge in [0, 0.05) is 17.8 Å². The van der Waals surface area contributed by atoms with Crippen LogP contribution in [0.3, 0.4) is 0 Å². The van der Waals surface area contributed by atoms with Crippen molar-refractivity contribution in [1.29, 1.82) is 0 Å². The molecule has 1 rings (SSSR count). The number of nitrogens with zero attached hydrogens (tertiary/aromatic N) is 1. The van der Waals surface area contributed by atoms with Gasteiger partial charge >= 0.3 is 0 Å². The second kappa shape index (κ2) is 3.26. The summed E-state index contributed by atoms with van der Waals surface area (Å²) in [6.07, 6.45) is 2.06. The minimum absolute atomic E-state index is 0.0946. The molecule has 0 aromatic rings. The number of rotatable bonds is 3. The van der Waals surface area contributed by atoms with Crippen molar-refractivity contribution in [3.8, 4) is 0 Å². The van der Waals surface area contributed by atoms with Crippen LogP contribution in [0.2, 0.25) is 0 Å². The number of carbonyl (C=O) groups is 1. The molecule has 1 saturated heterocycles. The molecule has 1 aliphatic heterocycles. The van der Waals surface area contributed by atoms with Gasteiger partial charge in [0.05, 0.1) is 0 Å². The van der Waals surface area contributed by atoms with Crippen LogP contribution in [0.5, 0.6) is 0 Å². The summed E-state index contributed by atoms with van der Waals surface area (Å²) in [6.45, 7) is 5.80. The molecule has 4 heteroatoms. The van der Waals surface area contributed by atoms with Gasteiger partial charge in [-0.2, -0.15) is 11.8 Å². The third-order valence-electron chi connectivity index (χ3n) is 2.17. The molecule has 12 heavy (non-hydrogen) atoms. The summed E-state index contributed by atoms with van der Waals surface area (Å²) in [5, 5.41) is 0. The Labute approximate surface area is 77.7 Å². The number of hydrogen-bond donors (Lipinski definition) is 1. The zero-order valence-corrected chi connectivity index (χ0v) is 8.65. The third-order valence-corrected chi connectivity index (χ3v) is 3.40. The molecule has 0 aromatic carbocycles. The van der Waals surface area contributed by atoms with Crippen molar-refractivity contribution < 1.29 is 4.79 Å². The molecule has 3 nitrogen and oxygen atoms in total. The molecule has 1 fully saturated rings. The molecular formula is C8H16N2OS. The highest BCUT2D eigenvalue weighted by molar-refractivity contribution is 7.99. The predicted octanol–water partition coefficient (Wildman–Crippen LogP) is 0.298. The highest BCUT2D eigenvalue weighted by atomic mass is 32.2. The third kappa shape index (κ3) is 1.93. The van der Waals surface area contributed by atoms with E-state index in [1.807, 2.05) is 4.90 Å². The van der Waals surface area contributed by atoms with Crippen LogP contribution in [-0.4, -0.2) is 40.9 Å². The first-order valence-corrected chi connectivity index (χ1v) is 5.28. The molecule has 0 aliphatic carbocycles. The van der Waals surface area contributed by atoms with Crippen LogP contribution in [0.4, 0.5) is 0 Å². The summed E-state index contributed by atoms with van der Waals surface area (Å²) >= 11 is 1.77. The highest BCUT2D eigenvalue weighted by Gasteiger charge is 2.36. The van der Waals surface area contributed by atoms with E-state index in [2.05, 4.69) is 20.1 Å². The molecule has 0 radical (unpaired) electrons. The Hall–Kier alpha value is -0.220. The first-order valence-electron chi connectivity index (χ1n) is 4.06. The number of amides is 1. The molecule has 1 aliphatic rings. The lowest BCUT2D eigenvalue weighted by atomic mass is 10.1. The van der Waals surface area contributed by atoms with Gasteiger partial charge in [0.15, 0.2) is 0 Å². The molecule has 2 N–H and O–H groups in total. The standard InChI is InChI=1S/C8H16N2OS/c1-8(2,12-3)5-10-4-6(9)7(10)11/h6H,4-5,9H2,1-3H3. The van der Waals surface area contributed by atoms with Crippen molar-refractivity contribution >= 4 is 17.7 Å². The maximum Gasteiger partial charge on any atom is 0.241 e. The van der Waals surface area contributed by atoms with Crippen molar-refractivity contribution in [2.24, 2.45) is 5.73 Å². The molecule has 0 bridgehead atoms. The quantitative estimate of drug-likeness (QED) is 0.648. The fraction of sp³-hybridized carbons (Fsp3) is 0.875. The van der Waals surface area contributed by atoms with Gasteiger partial charge in [0.2, 0.25) is 5.91 Å². The van der Waals surface area contributed by atoms with Gasteiger partial charge in [-0.1, -0.05) is 0 Å². The van der Waals surface area contributed by atoms with E-state index in [4.69, 9.17) is 5.73 Å². The van der Waals surface area contributed by atoms with Crippen LogP contribution in [0, 0.1) is 0 Å². The van der Waals surface area contributed by atoms with Crippen molar-refractivity contribution in [3.63, 3.8) is 0 Å². The van der Waals surface area contributed by atoms with E-state index in [1.54, 1.807) is 11.8 Å². The largest absolute Gasteiger partial charge is 0.338 e. The summed E-state index contributed by atoms with van der Waals surface area (Å²) in [5.74, 6) is 0.0946. The summed E-state index contributed by atoms with van der Waals surface area (Å²) in [4.78, 5) is 13.0. The van der Waals surface area contributed by atoms with Gasteiger partial charge < -0.3 is 10.6 Å². The summed E-state index contributed by atoms with van der Waals surface area (Å²) in [5.41, 5.74) is 5.47. The van der Waals surface area contributed by atoms with Crippen LogP contribution in [0.1, 0.15) is 13.8 Å². The Morgan fingerprint density at radius 1 is 1.75 bits per heavy atom. The predicted molar refractivity (Wildman–Crippen MR) is 52.1 cm³/mol. The van der Waals surface area contributed by atoms with E-state index in [0.717, 1.165) is 13.1 Å². The smallest absolute Gasteiger partial charge is 0.241 e.